The second-order valence-electron chi connectivity index (χ2n) is 3.42. The molecule has 1 rings (SSSR count). The van der Waals surface area contributed by atoms with E-state index in [2.05, 4.69) is 5.32 Å². The van der Waals surface area contributed by atoms with Crippen LogP contribution in [0.2, 0.25) is 10.0 Å². The Labute approximate surface area is 99.6 Å². The fourth-order valence-corrected chi connectivity index (χ4v) is 1.49. The van der Waals surface area contributed by atoms with Crippen LogP contribution in [0, 0.1) is 5.92 Å². The van der Waals surface area contributed by atoms with Gasteiger partial charge in [0.1, 0.15) is 0 Å². The van der Waals surface area contributed by atoms with Gasteiger partial charge in [-0.1, -0.05) is 37.0 Å². The SMILES string of the molecule is CC[C@@H](C)C(=O)Nc1ccc(Cl)cc1Cl. The average Bonchev–Trinajstić information content (AvgIpc) is 2.20. The van der Waals surface area contributed by atoms with Gasteiger partial charge in [-0.15, -0.1) is 0 Å². The standard InChI is InChI=1S/C11H13Cl2NO/c1-3-7(2)11(15)14-10-5-4-8(12)6-9(10)13/h4-7H,3H2,1-2H3,(H,14,15)/t7-/m1/s1. The van der Waals surface area contributed by atoms with E-state index in [1.165, 1.54) is 0 Å². The number of hydrogen-bond acceptors (Lipinski definition) is 1. The summed E-state index contributed by atoms with van der Waals surface area (Å²) >= 11 is 11.7. The Bertz CT molecular complexity index is 366. The number of hydrogen-bond donors (Lipinski definition) is 1. The van der Waals surface area contributed by atoms with Gasteiger partial charge in [-0.25, -0.2) is 0 Å². The molecule has 1 amide bonds. The van der Waals surface area contributed by atoms with Crippen molar-refractivity contribution < 1.29 is 4.79 Å². The van der Waals surface area contributed by atoms with E-state index >= 15 is 0 Å². The van der Waals surface area contributed by atoms with E-state index in [1.807, 2.05) is 13.8 Å². The molecular weight excluding hydrogens is 233 g/mol. The second kappa shape index (κ2) is 5.38. The molecule has 0 spiro atoms. The third kappa shape index (κ3) is 3.40. The molecule has 82 valence electrons. The van der Waals surface area contributed by atoms with Crippen LogP contribution in [-0.2, 0) is 4.79 Å². The van der Waals surface area contributed by atoms with Crippen molar-refractivity contribution in [3.8, 4) is 0 Å². The van der Waals surface area contributed by atoms with Crippen molar-refractivity contribution in [3.05, 3.63) is 28.2 Å². The normalized spacial score (nSPS) is 12.3. The summed E-state index contributed by atoms with van der Waals surface area (Å²) in [5.41, 5.74) is 0.603. The molecule has 0 aliphatic heterocycles. The maximum atomic E-state index is 11.6. The Kier molecular flexibility index (Phi) is 4.43. The summed E-state index contributed by atoms with van der Waals surface area (Å²) in [4.78, 5) is 11.6. The molecule has 0 radical (unpaired) electrons. The molecule has 0 aliphatic carbocycles. The predicted octanol–water partition coefficient (Wildman–Crippen LogP) is 3.98. The van der Waals surface area contributed by atoms with Crippen LogP contribution in [0.15, 0.2) is 18.2 Å². The summed E-state index contributed by atoms with van der Waals surface area (Å²) in [5, 5.41) is 3.77. The van der Waals surface area contributed by atoms with Crippen LogP contribution in [0.5, 0.6) is 0 Å². The van der Waals surface area contributed by atoms with Crippen molar-refractivity contribution in [2.24, 2.45) is 5.92 Å². The number of halogens is 2. The van der Waals surface area contributed by atoms with E-state index < -0.39 is 0 Å². The van der Waals surface area contributed by atoms with Crippen molar-refractivity contribution >= 4 is 34.8 Å². The van der Waals surface area contributed by atoms with E-state index in [0.29, 0.717) is 15.7 Å². The molecule has 0 aromatic heterocycles. The fraction of sp³-hybridized carbons (Fsp3) is 0.364. The number of amides is 1. The molecule has 4 heteroatoms. The zero-order valence-electron chi connectivity index (χ0n) is 8.68. The maximum absolute atomic E-state index is 11.6. The van der Waals surface area contributed by atoms with Crippen molar-refractivity contribution in [2.45, 2.75) is 20.3 Å². The van der Waals surface area contributed by atoms with Gasteiger partial charge in [0, 0.05) is 10.9 Å². The molecule has 1 aromatic rings. The fourth-order valence-electron chi connectivity index (χ4n) is 1.03. The molecular formula is C11H13Cl2NO. The van der Waals surface area contributed by atoms with Gasteiger partial charge in [0.05, 0.1) is 10.7 Å². The number of benzene rings is 1. The van der Waals surface area contributed by atoms with Crippen molar-refractivity contribution in [2.75, 3.05) is 5.32 Å². The number of rotatable bonds is 3. The quantitative estimate of drug-likeness (QED) is 0.858. The third-order valence-corrected chi connectivity index (χ3v) is 2.80. The highest BCUT2D eigenvalue weighted by atomic mass is 35.5. The number of nitrogens with one attached hydrogen (secondary N) is 1. The number of carbonyl (C=O) groups excluding carboxylic acids is 1. The first-order valence-electron chi connectivity index (χ1n) is 4.80. The Morgan fingerprint density at radius 2 is 2.13 bits per heavy atom. The molecule has 1 aromatic carbocycles. The van der Waals surface area contributed by atoms with Gasteiger partial charge in [-0.2, -0.15) is 0 Å². The average molecular weight is 246 g/mol. The van der Waals surface area contributed by atoms with Gasteiger partial charge in [0.25, 0.3) is 0 Å². The van der Waals surface area contributed by atoms with Crippen LogP contribution in [0.1, 0.15) is 20.3 Å². The van der Waals surface area contributed by atoms with Crippen LogP contribution >= 0.6 is 23.2 Å². The Morgan fingerprint density at radius 1 is 1.47 bits per heavy atom. The minimum atomic E-state index is -0.0262. The molecule has 0 fully saturated rings. The summed E-state index contributed by atoms with van der Waals surface area (Å²) in [7, 11) is 0. The van der Waals surface area contributed by atoms with E-state index in [0.717, 1.165) is 6.42 Å². The lowest BCUT2D eigenvalue weighted by atomic mass is 10.1. The molecule has 0 bridgehead atoms. The first-order chi connectivity index (χ1) is 7.04. The summed E-state index contributed by atoms with van der Waals surface area (Å²) in [6, 6.07) is 5.00. The molecule has 2 nitrogen and oxygen atoms in total. The van der Waals surface area contributed by atoms with E-state index in [9.17, 15) is 4.79 Å². The van der Waals surface area contributed by atoms with E-state index in [4.69, 9.17) is 23.2 Å². The van der Waals surface area contributed by atoms with Gasteiger partial charge < -0.3 is 5.32 Å². The minimum Gasteiger partial charge on any atom is -0.325 e. The lowest BCUT2D eigenvalue weighted by molar-refractivity contribution is -0.119. The minimum absolute atomic E-state index is 0.0169. The van der Waals surface area contributed by atoms with Crippen molar-refractivity contribution in [3.63, 3.8) is 0 Å². The molecule has 0 heterocycles. The van der Waals surface area contributed by atoms with E-state index in [1.54, 1.807) is 18.2 Å². The van der Waals surface area contributed by atoms with Crippen LogP contribution < -0.4 is 5.32 Å². The molecule has 1 atom stereocenters. The van der Waals surface area contributed by atoms with Gasteiger partial charge >= 0.3 is 0 Å². The number of carbonyl (C=O) groups is 1. The molecule has 0 aliphatic rings. The largest absolute Gasteiger partial charge is 0.325 e. The zero-order chi connectivity index (χ0) is 11.4. The van der Waals surface area contributed by atoms with Crippen LogP contribution in [0.3, 0.4) is 0 Å². The zero-order valence-corrected chi connectivity index (χ0v) is 10.2. The summed E-state index contributed by atoms with van der Waals surface area (Å²) in [6.07, 6.45) is 0.803. The summed E-state index contributed by atoms with van der Waals surface area (Å²) in [5.74, 6) is -0.0431. The van der Waals surface area contributed by atoms with Gasteiger partial charge in [0.15, 0.2) is 0 Å². The highest BCUT2D eigenvalue weighted by Gasteiger charge is 2.12. The summed E-state index contributed by atoms with van der Waals surface area (Å²) in [6.45, 7) is 3.84. The first kappa shape index (κ1) is 12.3. The highest BCUT2D eigenvalue weighted by Crippen LogP contribution is 2.25. The lowest BCUT2D eigenvalue weighted by Crippen LogP contribution is -2.19. The monoisotopic (exact) mass is 245 g/mol. The smallest absolute Gasteiger partial charge is 0.227 e. The topological polar surface area (TPSA) is 29.1 Å². The summed E-state index contributed by atoms with van der Waals surface area (Å²) < 4.78 is 0. The molecule has 0 saturated heterocycles. The van der Waals surface area contributed by atoms with Gasteiger partial charge in [-0.05, 0) is 24.6 Å². The first-order valence-corrected chi connectivity index (χ1v) is 5.56. The highest BCUT2D eigenvalue weighted by molar-refractivity contribution is 6.36. The van der Waals surface area contributed by atoms with Crippen molar-refractivity contribution in [1.82, 2.24) is 0 Å². The Hall–Kier alpha value is -0.730. The predicted molar refractivity (Wildman–Crippen MR) is 64.5 cm³/mol. The Morgan fingerprint density at radius 3 is 2.67 bits per heavy atom. The van der Waals surface area contributed by atoms with Crippen LogP contribution in [0.4, 0.5) is 5.69 Å². The molecule has 15 heavy (non-hydrogen) atoms. The number of anilines is 1. The maximum Gasteiger partial charge on any atom is 0.227 e. The molecule has 1 N–H and O–H groups in total. The van der Waals surface area contributed by atoms with Gasteiger partial charge in [0.2, 0.25) is 5.91 Å². The second-order valence-corrected chi connectivity index (χ2v) is 4.27. The van der Waals surface area contributed by atoms with Crippen molar-refractivity contribution in [1.29, 1.82) is 0 Å². The lowest BCUT2D eigenvalue weighted by Gasteiger charge is -2.11. The molecule has 0 saturated carbocycles. The molecule has 0 unspecified atom stereocenters. The van der Waals surface area contributed by atoms with Crippen LogP contribution in [0.25, 0.3) is 0 Å². The Balaban J connectivity index is 2.77. The van der Waals surface area contributed by atoms with E-state index in [-0.39, 0.29) is 11.8 Å². The van der Waals surface area contributed by atoms with Gasteiger partial charge in [-0.3, -0.25) is 4.79 Å². The third-order valence-electron chi connectivity index (χ3n) is 2.25. The van der Waals surface area contributed by atoms with Crippen LogP contribution in [-0.4, -0.2) is 5.91 Å².